The summed E-state index contributed by atoms with van der Waals surface area (Å²) in [6, 6.07) is 15.1. The Morgan fingerprint density at radius 3 is 2.71 bits per heavy atom. The van der Waals surface area contributed by atoms with Crippen molar-refractivity contribution in [2.24, 2.45) is 11.0 Å². The molecule has 0 N–H and O–H groups in total. The van der Waals surface area contributed by atoms with Gasteiger partial charge in [0.2, 0.25) is 0 Å². The van der Waals surface area contributed by atoms with E-state index in [-0.39, 0.29) is 11.8 Å². The van der Waals surface area contributed by atoms with Gasteiger partial charge in [0.15, 0.2) is 0 Å². The molecule has 2 aliphatic rings. The third kappa shape index (κ3) is 4.49. The Hall–Kier alpha value is -2.08. The lowest BCUT2D eigenvalue weighted by atomic mass is 9.94. The summed E-state index contributed by atoms with van der Waals surface area (Å²) >= 11 is 12.0. The Morgan fingerprint density at radius 1 is 1.11 bits per heavy atom. The van der Waals surface area contributed by atoms with Crippen LogP contribution in [0.1, 0.15) is 12.0 Å². The van der Waals surface area contributed by atoms with Gasteiger partial charge in [0.05, 0.1) is 18.2 Å². The summed E-state index contributed by atoms with van der Waals surface area (Å²) in [7, 11) is 0. The van der Waals surface area contributed by atoms with Gasteiger partial charge in [-0.05, 0) is 48.4 Å². The predicted octanol–water partition coefficient (Wildman–Crippen LogP) is 4.09. The number of hydrazone groups is 1. The van der Waals surface area contributed by atoms with Gasteiger partial charge < -0.3 is 4.74 Å². The van der Waals surface area contributed by atoms with Crippen LogP contribution in [0, 0.1) is 5.92 Å². The van der Waals surface area contributed by atoms with Gasteiger partial charge in [-0.3, -0.25) is 9.69 Å². The van der Waals surface area contributed by atoms with E-state index < -0.39 is 0 Å². The first-order valence-corrected chi connectivity index (χ1v) is 10.1. The Labute approximate surface area is 174 Å². The number of piperidine rings is 1. The minimum atomic E-state index is -0.0915. The maximum absolute atomic E-state index is 12.6. The fourth-order valence-corrected chi connectivity index (χ4v) is 3.96. The molecular formula is C21H21Cl2N3O2. The number of carbonyl (C=O) groups excluding carboxylic acids is 1. The minimum Gasteiger partial charge on any atom is -0.492 e. The third-order valence-corrected chi connectivity index (χ3v) is 5.49. The molecular weight excluding hydrogens is 397 g/mol. The second-order valence-electron chi connectivity index (χ2n) is 7.04. The first-order valence-electron chi connectivity index (χ1n) is 9.32. The number of rotatable bonds is 6. The number of amides is 1. The van der Waals surface area contributed by atoms with Crippen LogP contribution in [0.3, 0.4) is 0 Å². The Bertz CT molecular complexity index is 885. The van der Waals surface area contributed by atoms with Crippen LogP contribution in [0.15, 0.2) is 53.6 Å². The number of nitrogens with zero attached hydrogens (tertiary/aromatic N) is 3. The molecule has 2 aliphatic heterocycles. The molecule has 4 rings (SSSR count). The molecule has 146 valence electrons. The zero-order valence-electron chi connectivity index (χ0n) is 15.4. The highest BCUT2D eigenvalue weighted by Gasteiger charge is 2.39. The summed E-state index contributed by atoms with van der Waals surface area (Å²) in [5, 5.41) is 7.54. The molecule has 1 amide bonds. The second kappa shape index (κ2) is 8.52. The van der Waals surface area contributed by atoms with Crippen molar-refractivity contribution in [2.75, 3.05) is 26.2 Å². The minimum absolute atomic E-state index is 0.0807. The maximum atomic E-state index is 12.6. The SMILES string of the molecule is O=C1C2CCN(Cc3cccc(Cl)c3)CC2=NN1CCOc1ccc(Cl)cc1. The molecule has 2 aromatic rings. The van der Waals surface area contributed by atoms with E-state index in [1.165, 1.54) is 5.56 Å². The first-order chi connectivity index (χ1) is 13.6. The van der Waals surface area contributed by atoms with Gasteiger partial charge in [0.25, 0.3) is 5.91 Å². The molecule has 1 atom stereocenters. The zero-order chi connectivity index (χ0) is 19.5. The summed E-state index contributed by atoms with van der Waals surface area (Å²) in [5.74, 6) is 0.720. The molecule has 1 unspecified atom stereocenters. The van der Waals surface area contributed by atoms with Crippen LogP contribution in [0.2, 0.25) is 10.0 Å². The highest BCUT2D eigenvalue weighted by atomic mass is 35.5. The van der Waals surface area contributed by atoms with Crippen LogP contribution >= 0.6 is 23.2 Å². The van der Waals surface area contributed by atoms with Crippen molar-refractivity contribution in [2.45, 2.75) is 13.0 Å². The zero-order valence-corrected chi connectivity index (χ0v) is 16.9. The highest BCUT2D eigenvalue weighted by Crippen LogP contribution is 2.25. The van der Waals surface area contributed by atoms with Crippen LogP contribution in [0.5, 0.6) is 5.75 Å². The van der Waals surface area contributed by atoms with Crippen molar-refractivity contribution >= 4 is 34.8 Å². The number of benzene rings is 2. The van der Waals surface area contributed by atoms with Crippen molar-refractivity contribution < 1.29 is 9.53 Å². The van der Waals surface area contributed by atoms with Gasteiger partial charge in [-0.2, -0.15) is 5.10 Å². The quantitative estimate of drug-likeness (QED) is 0.710. The second-order valence-corrected chi connectivity index (χ2v) is 7.91. The number of carbonyl (C=O) groups is 1. The molecule has 2 aromatic carbocycles. The van der Waals surface area contributed by atoms with E-state index >= 15 is 0 Å². The van der Waals surface area contributed by atoms with Gasteiger partial charge in [0.1, 0.15) is 12.4 Å². The summed E-state index contributed by atoms with van der Waals surface area (Å²) in [5.41, 5.74) is 2.12. The molecule has 5 nitrogen and oxygen atoms in total. The number of hydrogen-bond donors (Lipinski definition) is 0. The summed E-state index contributed by atoms with van der Waals surface area (Å²) in [6.45, 7) is 3.22. The predicted molar refractivity (Wildman–Crippen MR) is 111 cm³/mol. The monoisotopic (exact) mass is 417 g/mol. The number of likely N-dealkylation sites (tertiary alicyclic amines) is 1. The number of halogens is 2. The maximum Gasteiger partial charge on any atom is 0.251 e. The average Bonchev–Trinajstić information content (AvgIpc) is 2.99. The van der Waals surface area contributed by atoms with Crippen LogP contribution in [0.25, 0.3) is 0 Å². The van der Waals surface area contributed by atoms with E-state index in [1.807, 2.05) is 30.3 Å². The fourth-order valence-electron chi connectivity index (χ4n) is 3.62. The van der Waals surface area contributed by atoms with Crippen molar-refractivity contribution in [1.82, 2.24) is 9.91 Å². The lowest BCUT2D eigenvalue weighted by Gasteiger charge is -2.29. The fraction of sp³-hybridized carbons (Fsp3) is 0.333. The molecule has 0 aromatic heterocycles. The molecule has 0 saturated carbocycles. The summed E-state index contributed by atoms with van der Waals surface area (Å²) in [4.78, 5) is 14.9. The van der Waals surface area contributed by atoms with Crippen molar-refractivity contribution in [1.29, 1.82) is 0 Å². The molecule has 0 radical (unpaired) electrons. The van der Waals surface area contributed by atoms with Gasteiger partial charge in [0, 0.05) is 29.7 Å². The van der Waals surface area contributed by atoms with E-state index in [2.05, 4.69) is 16.1 Å². The van der Waals surface area contributed by atoms with Crippen molar-refractivity contribution in [3.8, 4) is 5.75 Å². The summed E-state index contributed by atoms with van der Waals surface area (Å²) < 4.78 is 5.69. The third-order valence-electron chi connectivity index (χ3n) is 5.00. The van der Waals surface area contributed by atoms with Gasteiger partial charge in [-0.25, -0.2) is 5.01 Å². The van der Waals surface area contributed by atoms with Crippen LogP contribution in [0.4, 0.5) is 0 Å². The van der Waals surface area contributed by atoms with E-state index in [1.54, 1.807) is 17.1 Å². The smallest absolute Gasteiger partial charge is 0.251 e. The van der Waals surface area contributed by atoms with Gasteiger partial charge in [-0.15, -0.1) is 0 Å². The Balaban J connectivity index is 1.32. The molecule has 2 heterocycles. The normalized spacial score (nSPS) is 19.5. The lowest BCUT2D eigenvalue weighted by Crippen LogP contribution is -2.41. The largest absolute Gasteiger partial charge is 0.492 e. The van der Waals surface area contributed by atoms with Crippen LogP contribution in [-0.4, -0.2) is 47.8 Å². The van der Waals surface area contributed by atoms with Crippen LogP contribution < -0.4 is 4.74 Å². The highest BCUT2D eigenvalue weighted by molar-refractivity contribution is 6.30. The Morgan fingerprint density at radius 2 is 1.93 bits per heavy atom. The summed E-state index contributed by atoms with van der Waals surface area (Å²) in [6.07, 6.45) is 0.798. The first kappa shape index (κ1) is 19.2. The molecule has 28 heavy (non-hydrogen) atoms. The van der Waals surface area contributed by atoms with E-state index in [0.717, 1.165) is 36.0 Å². The molecule has 0 aliphatic carbocycles. The lowest BCUT2D eigenvalue weighted by molar-refractivity contribution is -0.132. The van der Waals surface area contributed by atoms with Gasteiger partial charge in [-0.1, -0.05) is 35.3 Å². The topological polar surface area (TPSA) is 45.1 Å². The van der Waals surface area contributed by atoms with E-state index in [9.17, 15) is 4.79 Å². The van der Waals surface area contributed by atoms with E-state index in [0.29, 0.717) is 24.7 Å². The molecule has 0 spiro atoms. The number of ether oxygens (including phenoxy) is 1. The number of fused-ring (bicyclic) bond motifs is 1. The Kier molecular flexibility index (Phi) is 5.85. The van der Waals surface area contributed by atoms with E-state index in [4.69, 9.17) is 27.9 Å². The van der Waals surface area contributed by atoms with Crippen LogP contribution in [-0.2, 0) is 11.3 Å². The molecule has 1 fully saturated rings. The molecule has 1 saturated heterocycles. The standard InChI is InChI=1S/C21H21Cl2N3O2/c22-16-4-6-18(7-5-16)28-11-10-26-21(27)19-8-9-25(14-20(19)24-26)13-15-2-1-3-17(23)12-15/h1-7,12,19H,8-11,13-14H2. The average molecular weight is 418 g/mol. The molecule has 0 bridgehead atoms. The molecule has 7 heteroatoms. The van der Waals surface area contributed by atoms with Gasteiger partial charge >= 0.3 is 0 Å². The number of hydrogen-bond acceptors (Lipinski definition) is 4. The van der Waals surface area contributed by atoms with Crippen molar-refractivity contribution in [3.63, 3.8) is 0 Å². The van der Waals surface area contributed by atoms with Crippen molar-refractivity contribution in [3.05, 3.63) is 64.1 Å².